The number of hydrogen-bond acceptors (Lipinski definition) is 8. The van der Waals surface area contributed by atoms with Crippen LogP contribution in [0.2, 0.25) is 48.8 Å². The van der Waals surface area contributed by atoms with Gasteiger partial charge < -0.3 is 23.4 Å². The Morgan fingerprint density at radius 2 is 1.76 bits per heavy atom. The molecule has 3 aliphatic rings. The van der Waals surface area contributed by atoms with Crippen molar-refractivity contribution >= 4 is 39.2 Å². The van der Waals surface area contributed by atoms with E-state index in [0.717, 1.165) is 41.1 Å². The van der Waals surface area contributed by atoms with E-state index in [1.807, 2.05) is 10.6 Å². The second kappa shape index (κ2) is 14.0. The summed E-state index contributed by atoms with van der Waals surface area (Å²) in [6.07, 6.45) is 4.60. The van der Waals surface area contributed by atoms with Crippen LogP contribution in [0.3, 0.4) is 0 Å². The zero-order chi connectivity index (χ0) is 36.3. The van der Waals surface area contributed by atoms with Gasteiger partial charge in [-0.05, 0) is 78.2 Å². The molecule has 4 aromatic rings. The number of nitrogens with one attached hydrogen (secondary N) is 1. The molecule has 1 aromatic carbocycles. The highest BCUT2D eigenvalue weighted by Crippen LogP contribution is 2.42. The van der Waals surface area contributed by atoms with Crippen molar-refractivity contribution in [2.75, 3.05) is 19.8 Å². The molecular formula is C37H51ClFN5O5Si2. The molecule has 0 spiro atoms. The monoisotopic (exact) mass is 755 g/mol. The van der Waals surface area contributed by atoms with Crippen LogP contribution in [0.4, 0.5) is 4.39 Å². The van der Waals surface area contributed by atoms with E-state index in [0.29, 0.717) is 54.1 Å². The first-order valence-electron chi connectivity index (χ1n) is 18.1. The Kier molecular flexibility index (Phi) is 10.0. The van der Waals surface area contributed by atoms with Gasteiger partial charge in [0.2, 0.25) is 0 Å². The fourth-order valence-electron chi connectivity index (χ4n) is 7.07. The summed E-state index contributed by atoms with van der Waals surface area (Å²) in [7, 11) is -3.34. The molecular weight excluding hydrogens is 705 g/mol. The van der Waals surface area contributed by atoms with E-state index in [1.54, 1.807) is 18.5 Å². The van der Waals surface area contributed by atoms with Gasteiger partial charge in [-0.15, -0.1) is 0 Å². The molecule has 1 aliphatic carbocycles. The predicted molar refractivity (Wildman–Crippen MR) is 201 cm³/mol. The Labute approximate surface area is 306 Å². The molecule has 7 rings (SSSR count). The summed E-state index contributed by atoms with van der Waals surface area (Å²) in [6.45, 7) is 19.9. The lowest BCUT2D eigenvalue weighted by Crippen LogP contribution is -2.47. The van der Waals surface area contributed by atoms with E-state index in [9.17, 15) is 0 Å². The van der Waals surface area contributed by atoms with Crippen molar-refractivity contribution in [3.05, 3.63) is 58.3 Å². The van der Waals surface area contributed by atoms with Crippen LogP contribution in [0.5, 0.6) is 6.01 Å². The number of fused-ring (bicyclic) bond motifs is 3. The summed E-state index contributed by atoms with van der Waals surface area (Å²) in [5.74, 6) is -0.252. The second-order valence-electron chi connectivity index (χ2n) is 17.1. The highest BCUT2D eigenvalue weighted by Gasteiger charge is 2.52. The molecule has 1 N–H and O–H groups in total. The molecule has 14 heteroatoms. The van der Waals surface area contributed by atoms with E-state index in [1.165, 1.54) is 0 Å². The summed E-state index contributed by atoms with van der Waals surface area (Å²) in [5.41, 5.74) is 5.38. The van der Waals surface area contributed by atoms with Crippen LogP contribution in [0.1, 0.15) is 49.9 Å². The average Bonchev–Trinajstić information content (AvgIpc) is 3.87. The average molecular weight is 756 g/mol. The van der Waals surface area contributed by atoms with Gasteiger partial charge >= 0.3 is 6.01 Å². The van der Waals surface area contributed by atoms with Crippen LogP contribution < -0.4 is 4.74 Å². The number of pyridine rings is 1. The molecule has 0 amide bonds. The van der Waals surface area contributed by atoms with E-state index in [2.05, 4.69) is 69.8 Å². The zero-order valence-corrected chi connectivity index (χ0v) is 33.8. The lowest BCUT2D eigenvalue weighted by Gasteiger charge is -2.39. The third-order valence-electron chi connectivity index (χ3n) is 11.1. The maximum atomic E-state index is 15.7. The smallest absolute Gasteiger partial charge is 0.301 e. The van der Waals surface area contributed by atoms with E-state index < -0.39 is 16.4 Å². The number of rotatable bonds is 12. The number of benzene rings is 1. The van der Waals surface area contributed by atoms with Crippen molar-refractivity contribution in [3.63, 3.8) is 0 Å². The molecule has 0 bridgehead atoms. The van der Waals surface area contributed by atoms with Gasteiger partial charge in [-0.3, -0.25) is 9.67 Å². The first-order valence-corrected chi connectivity index (χ1v) is 25.1. The molecule has 276 valence electrons. The molecule has 2 fully saturated rings. The second-order valence-corrected chi connectivity index (χ2v) is 27.8. The Morgan fingerprint density at radius 1 is 1.02 bits per heavy atom. The van der Waals surface area contributed by atoms with Gasteiger partial charge in [0.15, 0.2) is 20.1 Å². The summed E-state index contributed by atoms with van der Waals surface area (Å²) in [5, 5.41) is 7.41. The fraction of sp³-hybridized carbons (Fsp3) is 0.595. The predicted octanol–water partition coefficient (Wildman–Crippen LogP) is 8.13. The van der Waals surface area contributed by atoms with Crippen molar-refractivity contribution in [2.24, 2.45) is 0 Å². The zero-order valence-electron chi connectivity index (χ0n) is 31.0. The number of aromatic nitrogens is 5. The van der Waals surface area contributed by atoms with Crippen LogP contribution in [0.15, 0.2) is 30.6 Å². The molecule has 0 saturated carbocycles. The Balaban J connectivity index is 1.14. The number of imidazole rings is 1. The maximum Gasteiger partial charge on any atom is 0.301 e. The molecule has 5 heterocycles. The molecule has 2 aliphatic heterocycles. The van der Waals surface area contributed by atoms with Crippen LogP contribution in [0.25, 0.3) is 22.3 Å². The van der Waals surface area contributed by atoms with Crippen molar-refractivity contribution in [2.45, 2.75) is 121 Å². The van der Waals surface area contributed by atoms with Gasteiger partial charge in [-0.25, -0.2) is 9.37 Å². The minimum absolute atomic E-state index is 0.0468. The number of hydrogen-bond donors (Lipinski definition) is 1. The van der Waals surface area contributed by atoms with Crippen LogP contribution in [-0.2, 0) is 38.2 Å². The minimum atomic E-state index is -2.03. The van der Waals surface area contributed by atoms with Gasteiger partial charge in [-0.2, -0.15) is 10.1 Å². The summed E-state index contributed by atoms with van der Waals surface area (Å²) in [6, 6.07) is 6.92. The lowest BCUT2D eigenvalue weighted by atomic mass is 9.93. The minimum Gasteiger partial charge on any atom is -0.456 e. The van der Waals surface area contributed by atoms with E-state index in [-0.39, 0.29) is 47.9 Å². The van der Waals surface area contributed by atoms with Crippen LogP contribution >= 0.6 is 11.6 Å². The SMILES string of the molecule is CC(C)(C)[Si](C)(C)O[C@@H]1CO[C@H]2[C@@H]1OC[C@H]2Oc1nc2cc(Cl)c(C[C@H]3CCc4cc(-c5cn[nH]c5)cc(F)c43)nc2n1COCC[Si](C)(C)C. The van der Waals surface area contributed by atoms with Crippen LogP contribution in [-0.4, -0.2) is 85.4 Å². The van der Waals surface area contributed by atoms with Gasteiger partial charge in [0.1, 0.15) is 30.3 Å². The van der Waals surface area contributed by atoms with Gasteiger partial charge in [0.25, 0.3) is 0 Å². The highest BCUT2D eigenvalue weighted by molar-refractivity contribution is 6.76. The third kappa shape index (κ3) is 7.58. The fourth-order valence-corrected chi connectivity index (χ4v) is 9.36. The maximum absolute atomic E-state index is 15.7. The van der Waals surface area contributed by atoms with Crippen molar-refractivity contribution in [1.29, 1.82) is 0 Å². The number of aromatic amines is 1. The van der Waals surface area contributed by atoms with Crippen molar-refractivity contribution in [3.8, 4) is 17.1 Å². The Hall–Kier alpha value is -2.66. The largest absolute Gasteiger partial charge is 0.456 e. The van der Waals surface area contributed by atoms with Crippen molar-refractivity contribution < 1.29 is 27.8 Å². The normalized spacial score (nSPS) is 23.7. The topological polar surface area (TPSA) is 106 Å². The van der Waals surface area contributed by atoms with E-state index >= 15 is 4.39 Å². The molecule has 0 radical (unpaired) electrons. The molecule has 0 unspecified atom stereocenters. The van der Waals surface area contributed by atoms with Gasteiger partial charge in [0.05, 0.1) is 36.2 Å². The first kappa shape index (κ1) is 36.7. The molecule has 3 aromatic heterocycles. The molecule has 2 saturated heterocycles. The first-order chi connectivity index (χ1) is 24.1. The Morgan fingerprint density at radius 3 is 2.47 bits per heavy atom. The molecule has 10 nitrogen and oxygen atoms in total. The number of nitrogens with zero attached hydrogens (tertiary/aromatic N) is 4. The van der Waals surface area contributed by atoms with Gasteiger partial charge in [-0.1, -0.05) is 58.1 Å². The summed E-state index contributed by atoms with van der Waals surface area (Å²) >= 11 is 6.89. The van der Waals surface area contributed by atoms with E-state index in [4.69, 9.17) is 44.9 Å². The number of ether oxygens (including phenoxy) is 4. The number of H-pyrrole nitrogens is 1. The highest BCUT2D eigenvalue weighted by atomic mass is 35.5. The third-order valence-corrected chi connectivity index (χ3v) is 17.6. The Bertz CT molecular complexity index is 1880. The van der Waals surface area contributed by atoms with Crippen LogP contribution in [0, 0.1) is 5.82 Å². The summed E-state index contributed by atoms with van der Waals surface area (Å²) < 4.78 is 49.7. The summed E-state index contributed by atoms with van der Waals surface area (Å²) in [4.78, 5) is 9.93. The molecule has 5 atom stereocenters. The number of halogens is 2. The standard InChI is InChI=1S/C37H51ClFN5O5Si2/c1-37(2,3)51(7,8)49-31-20-47-33-30(19-46-34(31)33)48-36-43-29-16-26(38)28(42-35(29)44(36)21-45-11-12-50(4,5)6)15-23-10-9-22-13-24(14-27(39)32(22)23)25-17-40-41-18-25/h13-14,16-18,23,30-31,33-34H,9-12,15,19-21H2,1-8H3,(H,40,41)/t23-,30-,31-,33-,34-/m1/s1. The van der Waals surface area contributed by atoms with Crippen molar-refractivity contribution in [1.82, 2.24) is 24.7 Å². The molecule has 51 heavy (non-hydrogen) atoms. The lowest BCUT2D eigenvalue weighted by molar-refractivity contribution is 0.00687. The van der Waals surface area contributed by atoms with Gasteiger partial charge in [0, 0.05) is 26.4 Å². The quantitative estimate of drug-likeness (QED) is 0.114. The number of aryl methyl sites for hydroxylation is 1.